The van der Waals surface area contributed by atoms with Gasteiger partial charge in [-0.1, -0.05) is 6.42 Å². The number of anilines is 1. The smallest absolute Gasteiger partial charge is 0.340 e. The van der Waals surface area contributed by atoms with E-state index in [1.165, 1.54) is 19.2 Å². The van der Waals surface area contributed by atoms with Crippen LogP contribution in [0.25, 0.3) is 0 Å². The van der Waals surface area contributed by atoms with Gasteiger partial charge in [0.15, 0.2) is 0 Å². The van der Waals surface area contributed by atoms with Gasteiger partial charge in [-0.05, 0) is 37.6 Å². The Balaban J connectivity index is 2.67. The van der Waals surface area contributed by atoms with E-state index in [4.69, 9.17) is 5.73 Å². The number of halogens is 1. The largest absolute Gasteiger partial charge is 0.465 e. The van der Waals surface area contributed by atoms with E-state index in [1.54, 1.807) is 0 Å². The van der Waals surface area contributed by atoms with E-state index in [9.17, 15) is 14.0 Å². The zero-order valence-electron chi connectivity index (χ0n) is 11.4. The fourth-order valence-electron chi connectivity index (χ4n) is 1.72. The minimum Gasteiger partial charge on any atom is -0.465 e. The Morgan fingerprint density at radius 2 is 2.05 bits per heavy atom. The number of hydrogen-bond acceptors (Lipinski definition) is 4. The molecule has 0 aliphatic rings. The maximum absolute atomic E-state index is 13.1. The average molecular weight is 282 g/mol. The van der Waals surface area contributed by atoms with Gasteiger partial charge in [-0.15, -0.1) is 0 Å². The molecule has 5 nitrogen and oxygen atoms in total. The number of methoxy groups -OCH3 is 1. The highest BCUT2D eigenvalue weighted by Crippen LogP contribution is 2.18. The number of ether oxygens (including phenoxy) is 1. The minimum atomic E-state index is -0.692. The normalized spacial score (nSPS) is 10.2. The summed E-state index contributed by atoms with van der Waals surface area (Å²) in [6, 6.07) is 3.56. The van der Waals surface area contributed by atoms with Crippen molar-refractivity contribution in [3.63, 3.8) is 0 Å². The highest BCUT2D eigenvalue weighted by molar-refractivity contribution is 6.01. The lowest BCUT2D eigenvalue weighted by Crippen LogP contribution is -2.15. The molecule has 1 rings (SSSR count). The highest BCUT2D eigenvalue weighted by Gasteiger charge is 2.14. The van der Waals surface area contributed by atoms with E-state index in [1.807, 2.05) is 0 Å². The summed E-state index contributed by atoms with van der Waals surface area (Å²) in [7, 11) is 1.20. The Morgan fingerprint density at radius 1 is 1.30 bits per heavy atom. The van der Waals surface area contributed by atoms with Crippen LogP contribution in [-0.2, 0) is 9.53 Å². The van der Waals surface area contributed by atoms with Crippen molar-refractivity contribution in [2.45, 2.75) is 25.7 Å². The van der Waals surface area contributed by atoms with E-state index < -0.39 is 11.8 Å². The summed E-state index contributed by atoms with van der Waals surface area (Å²) < 4.78 is 17.7. The summed E-state index contributed by atoms with van der Waals surface area (Å²) in [6.45, 7) is 0.603. The first-order valence-corrected chi connectivity index (χ1v) is 6.46. The standard InChI is InChI=1S/C14H19FN2O3/c1-20-14(19)11-9-10(15)6-7-12(11)17-13(18)5-3-2-4-8-16/h6-7,9H,2-5,8,16H2,1H3,(H,17,18). The van der Waals surface area contributed by atoms with E-state index in [-0.39, 0.29) is 17.2 Å². The summed E-state index contributed by atoms with van der Waals surface area (Å²) in [5.41, 5.74) is 5.62. The van der Waals surface area contributed by atoms with Crippen LogP contribution in [0, 0.1) is 5.82 Å². The predicted molar refractivity (Wildman–Crippen MR) is 73.9 cm³/mol. The molecule has 0 spiro atoms. The monoisotopic (exact) mass is 282 g/mol. The molecule has 1 aromatic carbocycles. The van der Waals surface area contributed by atoms with Crippen LogP contribution < -0.4 is 11.1 Å². The van der Waals surface area contributed by atoms with Gasteiger partial charge in [0.25, 0.3) is 0 Å². The Hall–Kier alpha value is -1.95. The quantitative estimate of drug-likeness (QED) is 0.592. The van der Waals surface area contributed by atoms with Crippen molar-refractivity contribution in [2.75, 3.05) is 19.0 Å². The number of esters is 1. The molecule has 0 aromatic heterocycles. The van der Waals surface area contributed by atoms with Crippen LogP contribution in [0.1, 0.15) is 36.0 Å². The highest BCUT2D eigenvalue weighted by atomic mass is 19.1. The molecule has 0 heterocycles. The van der Waals surface area contributed by atoms with E-state index >= 15 is 0 Å². The second-order valence-corrected chi connectivity index (χ2v) is 4.33. The van der Waals surface area contributed by atoms with Crippen LogP contribution in [0.4, 0.5) is 10.1 Å². The van der Waals surface area contributed by atoms with Crippen molar-refractivity contribution >= 4 is 17.6 Å². The number of nitrogens with one attached hydrogen (secondary N) is 1. The van der Waals surface area contributed by atoms with Crippen LogP contribution >= 0.6 is 0 Å². The number of benzene rings is 1. The van der Waals surface area contributed by atoms with Crippen LogP contribution in [0.2, 0.25) is 0 Å². The van der Waals surface area contributed by atoms with Crippen molar-refractivity contribution < 1.29 is 18.7 Å². The first-order chi connectivity index (χ1) is 9.58. The van der Waals surface area contributed by atoms with Crippen molar-refractivity contribution in [1.82, 2.24) is 0 Å². The van der Waals surface area contributed by atoms with E-state index in [0.29, 0.717) is 13.0 Å². The molecule has 0 saturated carbocycles. The molecule has 0 unspecified atom stereocenters. The SMILES string of the molecule is COC(=O)c1cc(F)ccc1NC(=O)CCCCCN. The molecule has 0 atom stereocenters. The molecule has 0 bridgehead atoms. The van der Waals surface area contributed by atoms with Gasteiger partial charge in [-0.3, -0.25) is 4.79 Å². The van der Waals surface area contributed by atoms with Gasteiger partial charge in [0, 0.05) is 6.42 Å². The van der Waals surface area contributed by atoms with E-state index in [0.717, 1.165) is 25.3 Å². The molecule has 0 radical (unpaired) electrons. The zero-order chi connectivity index (χ0) is 15.0. The fraction of sp³-hybridized carbons (Fsp3) is 0.429. The van der Waals surface area contributed by atoms with Crippen molar-refractivity contribution in [1.29, 1.82) is 0 Å². The molecular weight excluding hydrogens is 263 g/mol. The number of hydrogen-bond donors (Lipinski definition) is 2. The summed E-state index contributed by atoms with van der Waals surface area (Å²) in [4.78, 5) is 23.2. The summed E-state index contributed by atoms with van der Waals surface area (Å²) >= 11 is 0. The Kier molecular flexibility index (Phi) is 6.66. The predicted octanol–water partition coefficient (Wildman–Crippen LogP) is 2.07. The lowest BCUT2D eigenvalue weighted by molar-refractivity contribution is -0.116. The number of amides is 1. The molecule has 1 amide bonds. The molecule has 1 aromatic rings. The van der Waals surface area contributed by atoms with Crippen molar-refractivity contribution in [2.24, 2.45) is 5.73 Å². The Morgan fingerprint density at radius 3 is 2.70 bits per heavy atom. The number of nitrogens with two attached hydrogens (primary N) is 1. The second kappa shape index (κ2) is 8.27. The van der Waals surface area contributed by atoms with Gasteiger partial charge < -0.3 is 15.8 Å². The third-order valence-electron chi connectivity index (χ3n) is 2.77. The fourth-order valence-corrected chi connectivity index (χ4v) is 1.72. The molecule has 3 N–H and O–H groups in total. The van der Waals surface area contributed by atoms with E-state index in [2.05, 4.69) is 10.1 Å². The number of rotatable bonds is 7. The molecule has 20 heavy (non-hydrogen) atoms. The minimum absolute atomic E-state index is 0.00260. The summed E-state index contributed by atoms with van der Waals surface area (Å²) in [6.07, 6.45) is 2.80. The third-order valence-corrected chi connectivity index (χ3v) is 2.77. The molecule has 0 aliphatic heterocycles. The maximum Gasteiger partial charge on any atom is 0.340 e. The van der Waals surface area contributed by atoms with Gasteiger partial charge in [0.2, 0.25) is 5.91 Å². The molecule has 0 aliphatic carbocycles. The maximum atomic E-state index is 13.1. The van der Waals surface area contributed by atoms with Crippen LogP contribution in [0.5, 0.6) is 0 Å². The first kappa shape index (κ1) is 16.1. The Labute approximate surface area is 117 Å². The molecule has 110 valence electrons. The molecule has 0 saturated heterocycles. The second-order valence-electron chi connectivity index (χ2n) is 4.33. The summed E-state index contributed by atoms with van der Waals surface area (Å²) in [5, 5.41) is 2.59. The number of unbranched alkanes of at least 4 members (excludes halogenated alkanes) is 2. The van der Waals surface area contributed by atoms with Crippen LogP contribution in [-0.4, -0.2) is 25.5 Å². The van der Waals surface area contributed by atoms with Crippen molar-refractivity contribution in [3.05, 3.63) is 29.6 Å². The third kappa shape index (κ3) is 4.97. The topological polar surface area (TPSA) is 81.4 Å². The van der Waals surface area contributed by atoms with Gasteiger partial charge in [-0.25, -0.2) is 9.18 Å². The molecule has 0 fully saturated rings. The van der Waals surface area contributed by atoms with Crippen LogP contribution in [0.3, 0.4) is 0 Å². The first-order valence-electron chi connectivity index (χ1n) is 6.46. The lowest BCUT2D eigenvalue weighted by atomic mass is 10.1. The zero-order valence-corrected chi connectivity index (χ0v) is 11.4. The summed E-state index contributed by atoms with van der Waals surface area (Å²) in [5.74, 6) is -1.48. The average Bonchev–Trinajstić information content (AvgIpc) is 2.44. The Bertz CT molecular complexity index is 477. The number of carbonyl (C=O) groups is 2. The molecule has 6 heteroatoms. The van der Waals surface area contributed by atoms with Gasteiger partial charge >= 0.3 is 5.97 Å². The van der Waals surface area contributed by atoms with Gasteiger partial charge in [0.05, 0.1) is 18.4 Å². The van der Waals surface area contributed by atoms with Crippen LogP contribution in [0.15, 0.2) is 18.2 Å². The van der Waals surface area contributed by atoms with Crippen molar-refractivity contribution in [3.8, 4) is 0 Å². The lowest BCUT2D eigenvalue weighted by Gasteiger charge is -2.09. The van der Waals surface area contributed by atoms with Gasteiger partial charge in [-0.2, -0.15) is 0 Å². The molecular formula is C14H19FN2O3. The number of carbonyl (C=O) groups excluding carboxylic acids is 2. The van der Waals surface area contributed by atoms with Gasteiger partial charge in [0.1, 0.15) is 5.82 Å².